The zero-order valence-corrected chi connectivity index (χ0v) is 14.5. The number of benzene rings is 1. The molecule has 0 bridgehead atoms. The summed E-state index contributed by atoms with van der Waals surface area (Å²) in [6.07, 6.45) is 0.677. The molecule has 0 aliphatic rings. The molecule has 0 unspecified atom stereocenters. The number of alkyl halides is 2. The smallest absolute Gasteiger partial charge is 0.207 e. The summed E-state index contributed by atoms with van der Waals surface area (Å²) in [6.45, 7) is 1.94. The Morgan fingerprint density at radius 1 is 1.22 bits per heavy atom. The predicted molar refractivity (Wildman–Crippen MR) is 82.4 cm³/mol. The molecule has 0 aliphatic carbocycles. The Labute approximate surface area is 130 Å². The standard InChI is InChI=1S/C11H14Br2ClNO2S/c1-2-11(7-12,8-13)15-18(16,17)10-5-3-9(14)4-6-10/h3-6,15H,2,7-8H2,1H3. The van der Waals surface area contributed by atoms with E-state index < -0.39 is 15.6 Å². The molecular formula is C11H14Br2ClNO2S. The first kappa shape index (κ1) is 16.4. The quantitative estimate of drug-likeness (QED) is 0.717. The second kappa shape index (κ2) is 6.70. The van der Waals surface area contributed by atoms with Crippen LogP contribution in [0.15, 0.2) is 29.2 Å². The molecule has 0 aromatic heterocycles. The number of hydrogen-bond acceptors (Lipinski definition) is 2. The van der Waals surface area contributed by atoms with Gasteiger partial charge in [-0.25, -0.2) is 13.1 Å². The van der Waals surface area contributed by atoms with E-state index in [9.17, 15) is 8.42 Å². The molecule has 0 heterocycles. The Bertz CT molecular complexity index is 478. The summed E-state index contributed by atoms with van der Waals surface area (Å²) >= 11 is 12.5. The molecule has 3 nitrogen and oxygen atoms in total. The van der Waals surface area contributed by atoms with Gasteiger partial charge in [0.05, 0.1) is 10.4 Å². The fraction of sp³-hybridized carbons (Fsp3) is 0.455. The van der Waals surface area contributed by atoms with Crippen molar-refractivity contribution >= 4 is 53.5 Å². The summed E-state index contributed by atoms with van der Waals surface area (Å²) in [5, 5.41) is 1.58. The topological polar surface area (TPSA) is 46.2 Å². The lowest BCUT2D eigenvalue weighted by Gasteiger charge is -2.29. The van der Waals surface area contributed by atoms with Gasteiger partial charge in [0.15, 0.2) is 0 Å². The van der Waals surface area contributed by atoms with Crippen LogP contribution in [0.25, 0.3) is 0 Å². The maximum absolute atomic E-state index is 12.2. The SMILES string of the molecule is CCC(CBr)(CBr)NS(=O)(=O)c1ccc(Cl)cc1. The molecule has 0 radical (unpaired) electrons. The molecule has 1 aromatic carbocycles. The molecule has 0 saturated carbocycles. The summed E-state index contributed by atoms with van der Waals surface area (Å²) < 4.78 is 27.2. The van der Waals surface area contributed by atoms with Crippen molar-refractivity contribution in [2.75, 3.05) is 10.7 Å². The molecule has 1 N–H and O–H groups in total. The van der Waals surface area contributed by atoms with Gasteiger partial charge in [-0.3, -0.25) is 0 Å². The maximum Gasteiger partial charge on any atom is 0.241 e. The van der Waals surface area contributed by atoms with Gasteiger partial charge < -0.3 is 0 Å². The highest BCUT2D eigenvalue weighted by Gasteiger charge is 2.31. The first-order valence-electron chi connectivity index (χ1n) is 5.30. The third-order valence-corrected chi connectivity index (χ3v) is 6.66. The maximum atomic E-state index is 12.2. The van der Waals surface area contributed by atoms with Crippen molar-refractivity contribution in [3.8, 4) is 0 Å². The third kappa shape index (κ3) is 3.93. The van der Waals surface area contributed by atoms with Crippen LogP contribution in [0.5, 0.6) is 0 Å². The van der Waals surface area contributed by atoms with E-state index in [2.05, 4.69) is 36.6 Å². The zero-order valence-electron chi connectivity index (χ0n) is 9.79. The van der Waals surface area contributed by atoms with Crippen molar-refractivity contribution in [2.24, 2.45) is 0 Å². The molecule has 1 aromatic rings. The number of nitrogens with one attached hydrogen (secondary N) is 1. The van der Waals surface area contributed by atoms with E-state index in [1.165, 1.54) is 12.1 Å². The van der Waals surface area contributed by atoms with E-state index in [1.807, 2.05) is 6.92 Å². The average molecular weight is 420 g/mol. The van der Waals surface area contributed by atoms with Gasteiger partial charge >= 0.3 is 0 Å². The van der Waals surface area contributed by atoms with Crippen molar-refractivity contribution in [1.29, 1.82) is 0 Å². The van der Waals surface area contributed by atoms with Crippen molar-refractivity contribution in [2.45, 2.75) is 23.8 Å². The number of rotatable bonds is 6. The Morgan fingerprint density at radius 3 is 2.11 bits per heavy atom. The van der Waals surface area contributed by atoms with Gasteiger partial charge in [-0.05, 0) is 30.7 Å². The zero-order chi connectivity index (χ0) is 13.8. The van der Waals surface area contributed by atoms with Crippen molar-refractivity contribution in [3.05, 3.63) is 29.3 Å². The van der Waals surface area contributed by atoms with E-state index >= 15 is 0 Å². The molecule has 102 valence electrons. The van der Waals surface area contributed by atoms with Crippen LogP contribution in [0.1, 0.15) is 13.3 Å². The Hall–Kier alpha value is 0.380. The van der Waals surface area contributed by atoms with Crippen LogP contribution >= 0.6 is 43.5 Å². The van der Waals surface area contributed by atoms with Crippen LogP contribution < -0.4 is 4.72 Å². The molecule has 0 fully saturated rings. The Morgan fingerprint density at radius 2 is 1.72 bits per heavy atom. The minimum absolute atomic E-state index is 0.214. The van der Waals surface area contributed by atoms with Crippen molar-refractivity contribution in [3.63, 3.8) is 0 Å². The van der Waals surface area contributed by atoms with Crippen LogP contribution in [-0.4, -0.2) is 24.6 Å². The molecule has 0 saturated heterocycles. The van der Waals surface area contributed by atoms with Crippen molar-refractivity contribution in [1.82, 2.24) is 4.72 Å². The lowest BCUT2D eigenvalue weighted by atomic mass is 10.0. The lowest BCUT2D eigenvalue weighted by molar-refractivity contribution is 0.459. The van der Waals surface area contributed by atoms with E-state index in [-0.39, 0.29) is 4.90 Å². The highest BCUT2D eigenvalue weighted by Crippen LogP contribution is 2.21. The van der Waals surface area contributed by atoms with Crippen LogP contribution in [0, 0.1) is 0 Å². The highest BCUT2D eigenvalue weighted by atomic mass is 79.9. The molecule has 0 aliphatic heterocycles. The molecule has 0 amide bonds. The Kier molecular flexibility index (Phi) is 6.12. The van der Waals surface area contributed by atoms with Crippen LogP contribution in [0.4, 0.5) is 0 Å². The molecule has 18 heavy (non-hydrogen) atoms. The molecule has 0 atom stereocenters. The van der Waals surface area contributed by atoms with Gasteiger partial charge in [0.1, 0.15) is 0 Å². The van der Waals surface area contributed by atoms with E-state index in [1.54, 1.807) is 12.1 Å². The highest BCUT2D eigenvalue weighted by molar-refractivity contribution is 9.09. The molecule has 7 heteroatoms. The van der Waals surface area contributed by atoms with Gasteiger partial charge in [0.2, 0.25) is 10.0 Å². The van der Waals surface area contributed by atoms with Gasteiger partial charge in [-0.1, -0.05) is 50.4 Å². The minimum Gasteiger partial charge on any atom is -0.207 e. The fourth-order valence-corrected chi connectivity index (χ4v) is 5.28. The number of halogens is 3. The van der Waals surface area contributed by atoms with E-state index in [0.29, 0.717) is 22.1 Å². The van der Waals surface area contributed by atoms with Crippen LogP contribution in [-0.2, 0) is 10.0 Å². The normalized spacial score (nSPS) is 12.7. The largest absolute Gasteiger partial charge is 0.241 e. The fourth-order valence-electron chi connectivity index (χ4n) is 1.31. The average Bonchev–Trinajstić information content (AvgIpc) is 2.37. The van der Waals surface area contributed by atoms with Crippen LogP contribution in [0.2, 0.25) is 5.02 Å². The molecule has 0 spiro atoms. The first-order chi connectivity index (χ1) is 8.39. The predicted octanol–water partition coefficient (Wildman–Crippen LogP) is 3.56. The van der Waals surface area contributed by atoms with Gasteiger partial charge in [0, 0.05) is 15.7 Å². The van der Waals surface area contributed by atoms with E-state index in [4.69, 9.17) is 11.6 Å². The molecular weight excluding hydrogens is 405 g/mol. The second-order valence-corrected chi connectivity index (χ2v) is 7.20. The monoisotopic (exact) mass is 417 g/mol. The Balaban J connectivity index is 3.04. The summed E-state index contributed by atoms with van der Waals surface area (Å²) in [6, 6.07) is 6.11. The first-order valence-corrected chi connectivity index (χ1v) is 9.41. The lowest BCUT2D eigenvalue weighted by Crippen LogP contribution is -2.50. The van der Waals surface area contributed by atoms with Gasteiger partial charge in [-0.2, -0.15) is 0 Å². The van der Waals surface area contributed by atoms with Crippen molar-refractivity contribution < 1.29 is 8.42 Å². The second-order valence-electron chi connectivity index (χ2n) is 3.96. The van der Waals surface area contributed by atoms with Gasteiger partial charge in [-0.15, -0.1) is 0 Å². The summed E-state index contributed by atoms with van der Waals surface area (Å²) in [5.41, 5.74) is -0.529. The molecule has 1 rings (SSSR count). The van der Waals surface area contributed by atoms with E-state index in [0.717, 1.165) is 0 Å². The van der Waals surface area contributed by atoms with Crippen LogP contribution in [0.3, 0.4) is 0 Å². The number of sulfonamides is 1. The van der Waals surface area contributed by atoms with Gasteiger partial charge in [0.25, 0.3) is 0 Å². The summed E-state index contributed by atoms with van der Waals surface area (Å²) in [4.78, 5) is 0.214. The summed E-state index contributed by atoms with van der Waals surface area (Å²) in [5.74, 6) is 0. The minimum atomic E-state index is -3.54. The third-order valence-electron chi connectivity index (χ3n) is 2.66. The summed E-state index contributed by atoms with van der Waals surface area (Å²) in [7, 11) is -3.54. The number of hydrogen-bond donors (Lipinski definition) is 1.